The van der Waals surface area contributed by atoms with Gasteiger partial charge in [0.15, 0.2) is 11.6 Å². The molecule has 1 spiro atoms. The summed E-state index contributed by atoms with van der Waals surface area (Å²) < 4.78 is 6.85. The van der Waals surface area contributed by atoms with E-state index in [1.807, 2.05) is 65.7 Å². The number of anilines is 1. The molecule has 0 unspecified atom stereocenters. The average Bonchev–Trinajstić information content (AvgIpc) is 3.49. The van der Waals surface area contributed by atoms with E-state index >= 15 is 0 Å². The van der Waals surface area contributed by atoms with Gasteiger partial charge in [0, 0.05) is 27.5 Å². The summed E-state index contributed by atoms with van der Waals surface area (Å²) in [5, 5.41) is 3.08. The molecule has 0 aliphatic carbocycles. The van der Waals surface area contributed by atoms with E-state index in [4.69, 9.17) is 4.74 Å². The number of halogens is 2. The van der Waals surface area contributed by atoms with Gasteiger partial charge in [-0.05, 0) is 75.1 Å². The summed E-state index contributed by atoms with van der Waals surface area (Å²) >= 11 is 6.97. The summed E-state index contributed by atoms with van der Waals surface area (Å²) in [7, 11) is 1.56. The molecule has 208 valence electrons. The van der Waals surface area contributed by atoms with Gasteiger partial charge < -0.3 is 15.0 Å². The van der Waals surface area contributed by atoms with Gasteiger partial charge in [0.25, 0.3) is 0 Å². The van der Waals surface area contributed by atoms with E-state index in [1.54, 1.807) is 49.6 Å². The van der Waals surface area contributed by atoms with Crippen molar-refractivity contribution in [3.63, 3.8) is 0 Å². The van der Waals surface area contributed by atoms with Crippen LogP contribution in [0.1, 0.15) is 43.4 Å². The highest BCUT2D eigenvalue weighted by atomic mass is 79.9. The van der Waals surface area contributed by atoms with Crippen molar-refractivity contribution in [2.75, 3.05) is 12.4 Å². The van der Waals surface area contributed by atoms with Gasteiger partial charge in [-0.25, -0.2) is 0 Å². The highest BCUT2D eigenvalue weighted by Gasteiger charge is 2.70. The molecule has 4 aromatic rings. The van der Waals surface area contributed by atoms with Crippen molar-refractivity contribution in [1.82, 2.24) is 4.90 Å². The Bertz CT molecular complexity index is 1820. The third-order valence-corrected chi connectivity index (χ3v) is 9.83. The molecule has 0 radical (unpaired) electrons. The predicted molar refractivity (Wildman–Crippen MR) is 168 cm³/mol. The first-order valence-corrected chi connectivity index (χ1v) is 15.1. The summed E-state index contributed by atoms with van der Waals surface area (Å²) in [6.07, 6.45) is 3.83. The lowest BCUT2D eigenvalue weighted by Gasteiger charge is -2.38. The molecule has 6 nitrogen and oxygen atoms in total. The van der Waals surface area contributed by atoms with Crippen molar-refractivity contribution in [2.45, 2.75) is 17.5 Å². The highest BCUT2D eigenvalue weighted by Crippen LogP contribution is 2.62. The maximum absolute atomic E-state index is 14.8. The summed E-state index contributed by atoms with van der Waals surface area (Å²) in [6.45, 7) is 0. The zero-order valence-corrected chi connectivity index (χ0v) is 25.6. The van der Waals surface area contributed by atoms with Crippen LogP contribution in [0.3, 0.4) is 0 Å². The van der Waals surface area contributed by atoms with Crippen LogP contribution in [0.25, 0.3) is 6.08 Å². The largest absolute Gasteiger partial charge is 0.496 e. The van der Waals surface area contributed by atoms with E-state index in [-0.39, 0.29) is 17.5 Å². The summed E-state index contributed by atoms with van der Waals surface area (Å²) in [4.78, 5) is 46.0. The molecule has 7 rings (SSSR count). The van der Waals surface area contributed by atoms with Crippen LogP contribution in [0.4, 0.5) is 5.69 Å². The molecule has 4 atom stereocenters. The van der Waals surface area contributed by atoms with Gasteiger partial charge in [-0.3, -0.25) is 14.4 Å². The smallest absolute Gasteiger partial charge is 0.238 e. The number of benzene rings is 4. The van der Waals surface area contributed by atoms with Gasteiger partial charge in [0.05, 0.1) is 23.5 Å². The number of nitrogens with one attached hydrogen (secondary N) is 1. The molecule has 3 aliphatic rings. The molecule has 3 heterocycles. The van der Waals surface area contributed by atoms with Gasteiger partial charge in [0.2, 0.25) is 5.91 Å². The molecule has 8 heteroatoms. The number of carbonyl (C=O) groups excluding carboxylic acids is 3. The molecule has 1 N–H and O–H groups in total. The molecule has 1 saturated heterocycles. The van der Waals surface area contributed by atoms with Crippen molar-refractivity contribution < 1.29 is 19.1 Å². The van der Waals surface area contributed by atoms with Crippen LogP contribution in [0, 0.1) is 5.92 Å². The van der Waals surface area contributed by atoms with Crippen molar-refractivity contribution >= 4 is 61.1 Å². The lowest BCUT2D eigenvalue weighted by Crippen LogP contribution is -2.49. The van der Waals surface area contributed by atoms with E-state index in [1.165, 1.54) is 0 Å². The first-order valence-electron chi connectivity index (χ1n) is 13.5. The fourth-order valence-corrected chi connectivity index (χ4v) is 7.76. The maximum atomic E-state index is 14.8. The van der Waals surface area contributed by atoms with Crippen molar-refractivity contribution in [3.05, 3.63) is 134 Å². The van der Waals surface area contributed by atoms with Gasteiger partial charge in [-0.2, -0.15) is 0 Å². The number of ketones is 2. The van der Waals surface area contributed by atoms with Crippen LogP contribution in [-0.2, 0) is 10.2 Å². The number of para-hydroxylation sites is 1. The van der Waals surface area contributed by atoms with Crippen molar-refractivity contribution in [1.29, 1.82) is 0 Å². The minimum absolute atomic E-state index is 0.253. The minimum Gasteiger partial charge on any atom is -0.496 e. The molecule has 0 bridgehead atoms. The lowest BCUT2D eigenvalue weighted by atomic mass is 9.62. The molecular formula is C34H24Br2N2O4. The van der Waals surface area contributed by atoms with Crippen LogP contribution in [0.2, 0.25) is 0 Å². The highest BCUT2D eigenvalue weighted by molar-refractivity contribution is 9.10. The van der Waals surface area contributed by atoms with Crippen molar-refractivity contribution in [2.24, 2.45) is 5.92 Å². The van der Waals surface area contributed by atoms with Gasteiger partial charge in [0.1, 0.15) is 17.2 Å². The SMILES string of the molecule is COc1ccc(C(=O)[C@@H]2[C@H](C(=O)c3ccc(Br)cc3)[C@]3(C(=O)Nc4ccccc43)[C@@H]3c4ccccc4C=CN23)cc1Br. The Labute approximate surface area is 259 Å². The standard InChI is InChI=1S/C34H24Br2N2O4/c1-42-27-15-12-21(18-25(27)36)31(40)29-28(30(39)20-10-13-22(35)14-11-20)34(24-8-4-5-9-26(24)37-33(34)41)32-23-7-3-2-6-19(23)16-17-38(29)32/h2-18,28-29,32H,1H3,(H,37,41)/t28-,29+,32+,34+/m1/s1. The van der Waals surface area contributed by atoms with Crippen LogP contribution in [-0.4, -0.2) is 35.5 Å². The van der Waals surface area contributed by atoms with E-state index in [2.05, 4.69) is 37.2 Å². The van der Waals surface area contributed by atoms with E-state index in [0.29, 0.717) is 27.0 Å². The Kier molecular flexibility index (Phi) is 6.44. The molecular weight excluding hydrogens is 660 g/mol. The fraction of sp³-hybridized carbons (Fsp3) is 0.147. The number of carbonyl (C=O) groups is 3. The second kappa shape index (κ2) is 10.1. The predicted octanol–water partition coefficient (Wildman–Crippen LogP) is 7.20. The molecule has 42 heavy (non-hydrogen) atoms. The Morgan fingerprint density at radius 2 is 1.60 bits per heavy atom. The number of hydrogen-bond donors (Lipinski definition) is 1. The van der Waals surface area contributed by atoms with Crippen LogP contribution in [0.15, 0.2) is 106 Å². The molecule has 4 aromatic carbocycles. The summed E-state index contributed by atoms with van der Waals surface area (Å²) in [5.74, 6) is -1.25. The Hall–Kier alpha value is -4.01. The third kappa shape index (κ3) is 3.78. The topological polar surface area (TPSA) is 75.7 Å². The molecule has 1 amide bonds. The number of hydrogen-bond acceptors (Lipinski definition) is 5. The fourth-order valence-electron chi connectivity index (χ4n) is 6.95. The number of ether oxygens (including phenoxy) is 1. The van der Waals surface area contributed by atoms with Crippen molar-refractivity contribution in [3.8, 4) is 5.75 Å². The quantitative estimate of drug-likeness (QED) is 0.225. The number of rotatable bonds is 5. The summed E-state index contributed by atoms with van der Waals surface area (Å²) in [6, 6.07) is 26.1. The van der Waals surface area contributed by atoms with Gasteiger partial charge in [-0.15, -0.1) is 0 Å². The van der Waals surface area contributed by atoms with Crippen LogP contribution >= 0.6 is 31.9 Å². The van der Waals surface area contributed by atoms with Gasteiger partial charge in [-0.1, -0.05) is 70.5 Å². The van der Waals surface area contributed by atoms with Gasteiger partial charge >= 0.3 is 0 Å². The minimum atomic E-state index is -1.37. The van der Waals surface area contributed by atoms with E-state index in [0.717, 1.165) is 21.2 Å². The third-order valence-electron chi connectivity index (χ3n) is 8.69. The number of nitrogens with zero attached hydrogens (tertiary/aromatic N) is 1. The average molecular weight is 684 g/mol. The Morgan fingerprint density at radius 1 is 0.881 bits per heavy atom. The zero-order chi connectivity index (χ0) is 29.2. The number of Topliss-reactive ketones (excluding diaryl/α,β-unsaturated/α-hetero) is 2. The molecule has 0 saturated carbocycles. The van der Waals surface area contributed by atoms with Crippen LogP contribution in [0.5, 0.6) is 5.75 Å². The first kappa shape index (κ1) is 26.9. The zero-order valence-electron chi connectivity index (χ0n) is 22.4. The van der Waals surface area contributed by atoms with Crippen LogP contribution < -0.4 is 10.1 Å². The van der Waals surface area contributed by atoms with E-state index < -0.39 is 23.4 Å². The normalized spacial score (nSPS) is 23.3. The first-order chi connectivity index (χ1) is 20.4. The second-order valence-corrected chi connectivity index (χ2v) is 12.4. The molecule has 0 aromatic heterocycles. The lowest BCUT2D eigenvalue weighted by molar-refractivity contribution is -0.122. The number of methoxy groups -OCH3 is 1. The summed E-state index contributed by atoms with van der Waals surface area (Å²) in [5.41, 5.74) is 2.70. The second-order valence-electron chi connectivity index (χ2n) is 10.7. The monoisotopic (exact) mass is 682 g/mol. The maximum Gasteiger partial charge on any atom is 0.238 e. The number of amides is 1. The molecule has 1 fully saturated rings. The number of fused-ring (bicyclic) bond motifs is 6. The Balaban J connectivity index is 1.52. The van der Waals surface area contributed by atoms with E-state index in [9.17, 15) is 14.4 Å². The Morgan fingerprint density at radius 3 is 2.36 bits per heavy atom. The molecule has 3 aliphatic heterocycles.